The van der Waals surface area contributed by atoms with Crippen molar-refractivity contribution in [3.05, 3.63) is 59.7 Å². The smallest absolute Gasteiger partial charge is 0.0765 e. The normalized spacial score (nSPS) is 16.4. The zero-order valence-corrected chi connectivity index (χ0v) is 13.3. The Hall–Kier alpha value is -2.35. The summed E-state index contributed by atoms with van der Waals surface area (Å²) < 4.78 is 0. The van der Waals surface area contributed by atoms with Crippen LogP contribution in [-0.2, 0) is 12.8 Å². The summed E-state index contributed by atoms with van der Waals surface area (Å²) in [6.45, 7) is 2.37. The summed E-state index contributed by atoms with van der Waals surface area (Å²) in [5.74, 6) is 0. The van der Waals surface area contributed by atoms with Gasteiger partial charge in [0.1, 0.15) is 0 Å². The van der Waals surface area contributed by atoms with Crippen LogP contribution in [0.4, 0.5) is 5.69 Å². The maximum atomic E-state index is 5.06. The maximum absolute atomic E-state index is 5.06. The van der Waals surface area contributed by atoms with Crippen LogP contribution in [-0.4, -0.2) is 18.1 Å². The van der Waals surface area contributed by atoms with Crippen molar-refractivity contribution in [3.63, 3.8) is 0 Å². The molecule has 0 bridgehead atoms. The van der Waals surface area contributed by atoms with E-state index in [1.54, 1.807) is 0 Å². The topological polar surface area (TPSA) is 16.1 Å². The third kappa shape index (κ3) is 1.98. The molecule has 1 saturated heterocycles. The first kappa shape index (κ1) is 13.1. The lowest BCUT2D eigenvalue weighted by molar-refractivity contribution is 0.898. The average molecular weight is 300 g/mol. The molecular formula is C21H20N2. The molecule has 2 heterocycles. The van der Waals surface area contributed by atoms with Gasteiger partial charge in [0.2, 0.25) is 0 Å². The second-order valence-corrected chi connectivity index (χ2v) is 6.66. The van der Waals surface area contributed by atoms with Crippen molar-refractivity contribution in [2.24, 2.45) is 0 Å². The number of rotatable bonds is 1. The van der Waals surface area contributed by atoms with Crippen molar-refractivity contribution in [1.82, 2.24) is 4.98 Å². The summed E-state index contributed by atoms with van der Waals surface area (Å²) in [6, 6.07) is 17.4. The van der Waals surface area contributed by atoms with Crippen LogP contribution in [0.1, 0.15) is 24.0 Å². The zero-order chi connectivity index (χ0) is 15.2. The van der Waals surface area contributed by atoms with E-state index in [1.807, 2.05) is 0 Å². The van der Waals surface area contributed by atoms with Gasteiger partial charge in [0.05, 0.1) is 16.9 Å². The highest BCUT2D eigenvalue weighted by molar-refractivity contribution is 5.97. The molecule has 0 saturated carbocycles. The van der Waals surface area contributed by atoms with Gasteiger partial charge in [-0.2, -0.15) is 0 Å². The summed E-state index contributed by atoms with van der Waals surface area (Å²) >= 11 is 0. The molecule has 2 aliphatic rings. The molecule has 2 heteroatoms. The number of hydrogen-bond acceptors (Lipinski definition) is 2. The van der Waals surface area contributed by atoms with Crippen molar-refractivity contribution in [1.29, 1.82) is 0 Å². The van der Waals surface area contributed by atoms with Crippen molar-refractivity contribution >= 4 is 16.6 Å². The standard InChI is InChI=1S/C21H20N2/c1-2-8-16-15(7-1)11-12-18-20(16)22-19-10-4-3-9-17(19)21(18)23-13-5-6-14-23/h1-4,7-10H,5-6,11-14H2. The van der Waals surface area contributed by atoms with Crippen molar-refractivity contribution < 1.29 is 0 Å². The van der Waals surface area contributed by atoms with Gasteiger partial charge in [-0.1, -0.05) is 42.5 Å². The van der Waals surface area contributed by atoms with Gasteiger partial charge in [-0.05, 0) is 37.3 Å². The van der Waals surface area contributed by atoms with Gasteiger partial charge in [0, 0.05) is 29.6 Å². The third-order valence-corrected chi connectivity index (χ3v) is 5.30. The van der Waals surface area contributed by atoms with Gasteiger partial charge in [-0.15, -0.1) is 0 Å². The Morgan fingerprint density at radius 1 is 0.826 bits per heavy atom. The summed E-state index contributed by atoms with van der Waals surface area (Å²) in [5, 5.41) is 1.33. The van der Waals surface area contributed by atoms with Crippen LogP contribution in [0.5, 0.6) is 0 Å². The van der Waals surface area contributed by atoms with Crippen LogP contribution < -0.4 is 4.90 Å². The molecule has 1 aliphatic heterocycles. The lowest BCUT2D eigenvalue weighted by Gasteiger charge is -2.28. The van der Waals surface area contributed by atoms with Gasteiger partial charge >= 0.3 is 0 Å². The van der Waals surface area contributed by atoms with E-state index in [0.717, 1.165) is 18.4 Å². The van der Waals surface area contributed by atoms with Gasteiger partial charge < -0.3 is 4.90 Å². The predicted molar refractivity (Wildman–Crippen MR) is 96.0 cm³/mol. The number of para-hydroxylation sites is 1. The average Bonchev–Trinajstić information content (AvgIpc) is 3.14. The first-order valence-corrected chi connectivity index (χ1v) is 8.67. The first-order valence-electron chi connectivity index (χ1n) is 8.67. The van der Waals surface area contributed by atoms with E-state index in [9.17, 15) is 0 Å². The molecule has 114 valence electrons. The van der Waals surface area contributed by atoms with Crippen LogP contribution in [0.15, 0.2) is 48.5 Å². The molecule has 23 heavy (non-hydrogen) atoms. The monoisotopic (exact) mass is 300 g/mol. The summed E-state index contributed by atoms with van der Waals surface area (Å²) in [4.78, 5) is 7.66. The molecule has 1 aliphatic carbocycles. The van der Waals surface area contributed by atoms with Crippen LogP contribution in [0, 0.1) is 0 Å². The molecule has 1 aromatic heterocycles. The van der Waals surface area contributed by atoms with Crippen LogP contribution >= 0.6 is 0 Å². The molecule has 0 N–H and O–H groups in total. The largest absolute Gasteiger partial charge is 0.371 e. The van der Waals surface area contributed by atoms with Crippen LogP contribution in [0.25, 0.3) is 22.2 Å². The van der Waals surface area contributed by atoms with Gasteiger partial charge in [0.15, 0.2) is 0 Å². The second kappa shape index (κ2) is 5.09. The minimum Gasteiger partial charge on any atom is -0.371 e. The molecule has 0 atom stereocenters. The molecule has 2 aromatic carbocycles. The Kier molecular flexibility index (Phi) is 2.90. The predicted octanol–water partition coefficient (Wildman–Crippen LogP) is 4.60. The van der Waals surface area contributed by atoms with E-state index in [2.05, 4.69) is 53.4 Å². The van der Waals surface area contributed by atoms with E-state index >= 15 is 0 Å². The molecule has 5 rings (SSSR count). The van der Waals surface area contributed by atoms with Crippen molar-refractivity contribution in [3.8, 4) is 11.3 Å². The molecule has 0 amide bonds. The molecule has 3 aromatic rings. The van der Waals surface area contributed by atoms with Crippen molar-refractivity contribution in [2.75, 3.05) is 18.0 Å². The number of aryl methyl sites for hydroxylation is 1. The number of benzene rings is 2. The minimum atomic E-state index is 1.11. The number of aromatic nitrogens is 1. The fourth-order valence-electron chi connectivity index (χ4n) is 4.22. The molecule has 0 spiro atoms. The number of nitrogens with zero attached hydrogens (tertiary/aromatic N) is 2. The number of fused-ring (bicyclic) bond motifs is 4. The summed E-state index contributed by atoms with van der Waals surface area (Å²) in [7, 11) is 0. The zero-order valence-electron chi connectivity index (χ0n) is 13.3. The molecule has 0 radical (unpaired) electrons. The van der Waals surface area contributed by atoms with E-state index in [0.29, 0.717) is 0 Å². The highest BCUT2D eigenvalue weighted by atomic mass is 15.1. The number of hydrogen-bond donors (Lipinski definition) is 0. The molecule has 1 fully saturated rings. The molecule has 0 unspecified atom stereocenters. The third-order valence-electron chi connectivity index (χ3n) is 5.30. The van der Waals surface area contributed by atoms with Gasteiger partial charge in [-0.3, -0.25) is 0 Å². The Morgan fingerprint density at radius 2 is 1.61 bits per heavy atom. The number of pyridine rings is 1. The number of anilines is 1. The lowest BCUT2D eigenvalue weighted by atomic mass is 9.87. The first-order chi connectivity index (χ1) is 11.4. The second-order valence-electron chi connectivity index (χ2n) is 6.66. The van der Waals surface area contributed by atoms with E-state index in [4.69, 9.17) is 4.98 Å². The SMILES string of the molecule is c1ccc2c(c1)CCc1c-2nc2ccccc2c1N1CCCC1. The maximum Gasteiger partial charge on any atom is 0.0765 e. The van der Waals surface area contributed by atoms with Crippen LogP contribution in [0.3, 0.4) is 0 Å². The summed E-state index contributed by atoms with van der Waals surface area (Å²) in [5.41, 5.74) is 8.04. The quantitative estimate of drug-likeness (QED) is 0.653. The Bertz CT molecular complexity index is 891. The fraction of sp³-hybridized carbons (Fsp3) is 0.286. The van der Waals surface area contributed by atoms with E-state index in [-0.39, 0.29) is 0 Å². The molecule has 2 nitrogen and oxygen atoms in total. The Morgan fingerprint density at radius 3 is 2.52 bits per heavy atom. The lowest BCUT2D eigenvalue weighted by Crippen LogP contribution is -2.22. The Labute approximate surface area is 136 Å². The van der Waals surface area contributed by atoms with Crippen molar-refractivity contribution in [2.45, 2.75) is 25.7 Å². The Balaban J connectivity index is 1.85. The molecular weight excluding hydrogens is 280 g/mol. The van der Waals surface area contributed by atoms with E-state index in [1.165, 1.54) is 59.4 Å². The highest BCUT2D eigenvalue weighted by Crippen LogP contribution is 2.41. The van der Waals surface area contributed by atoms with E-state index < -0.39 is 0 Å². The summed E-state index contributed by atoms with van der Waals surface area (Å²) in [6.07, 6.45) is 4.85. The van der Waals surface area contributed by atoms with Crippen LogP contribution in [0.2, 0.25) is 0 Å². The highest BCUT2D eigenvalue weighted by Gasteiger charge is 2.26. The minimum absolute atomic E-state index is 1.11. The fourth-order valence-corrected chi connectivity index (χ4v) is 4.22. The van der Waals surface area contributed by atoms with Gasteiger partial charge in [-0.25, -0.2) is 4.98 Å². The van der Waals surface area contributed by atoms with Gasteiger partial charge in [0.25, 0.3) is 0 Å².